The number of hydrogen-bond donors (Lipinski definition) is 0. The fourth-order valence-electron chi connectivity index (χ4n) is 2.79. The summed E-state index contributed by atoms with van der Waals surface area (Å²) in [5.41, 5.74) is 1.67. The van der Waals surface area contributed by atoms with Crippen LogP contribution in [0.15, 0.2) is 60.2 Å². The molecular weight excluding hydrogens is 334 g/mol. The van der Waals surface area contributed by atoms with E-state index in [0.717, 1.165) is 6.92 Å². The summed E-state index contributed by atoms with van der Waals surface area (Å²) >= 11 is 0. The lowest BCUT2D eigenvalue weighted by atomic mass is 9.88. The molecule has 0 spiro atoms. The first-order valence-electron chi connectivity index (χ1n) is 8.22. The van der Waals surface area contributed by atoms with Gasteiger partial charge in [-0.15, -0.1) is 0 Å². The predicted molar refractivity (Wildman–Crippen MR) is 95.3 cm³/mol. The number of halogens is 2. The molecule has 0 aromatic heterocycles. The molecule has 130 valence electrons. The molecule has 0 N–H and O–H groups in total. The third kappa shape index (κ3) is 3.78. The van der Waals surface area contributed by atoms with Crippen molar-refractivity contribution in [2.45, 2.75) is 25.7 Å². The van der Waals surface area contributed by atoms with Crippen molar-refractivity contribution in [3.05, 3.63) is 82.4 Å². The van der Waals surface area contributed by atoms with Crippen molar-refractivity contribution in [1.29, 1.82) is 0 Å². The summed E-state index contributed by atoms with van der Waals surface area (Å²) in [5.74, 6) is 2.47. The molecule has 1 aliphatic carbocycles. The molecule has 3 rings (SSSR count). The summed E-state index contributed by atoms with van der Waals surface area (Å²) < 4.78 is 26.7. The first-order valence-corrected chi connectivity index (χ1v) is 8.22. The first kappa shape index (κ1) is 17.8. The number of hydrogen-bond acceptors (Lipinski definition) is 2. The number of allylic oxidation sites excluding steroid dienone is 2. The Morgan fingerprint density at radius 1 is 1.00 bits per heavy atom. The minimum Gasteiger partial charge on any atom is -0.289 e. The van der Waals surface area contributed by atoms with Crippen LogP contribution in [-0.4, -0.2) is 11.6 Å². The summed E-state index contributed by atoms with van der Waals surface area (Å²) in [4.78, 5) is 24.5. The van der Waals surface area contributed by atoms with Gasteiger partial charge < -0.3 is 0 Å². The summed E-state index contributed by atoms with van der Waals surface area (Å²) in [6.45, 7) is 0.843. The van der Waals surface area contributed by atoms with Crippen molar-refractivity contribution in [1.82, 2.24) is 0 Å². The Hall–Kier alpha value is -3.06. The third-order valence-electron chi connectivity index (χ3n) is 4.16. The second-order valence-electron chi connectivity index (χ2n) is 6.18. The number of Topliss-reactive ketones (excluding diaryl/α,β-unsaturated/α-hetero) is 1. The number of carbonyl (C=O) groups excluding carboxylic acids is 2. The molecule has 2 nitrogen and oxygen atoms in total. The number of carbonyl (C=O) groups is 2. The number of fused-ring (bicyclic) bond motifs is 1. The van der Waals surface area contributed by atoms with Gasteiger partial charge in [0, 0.05) is 41.2 Å². The highest BCUT2D eigenvalue weighted by Crippen LogP contribution is 2.27. The van der Waals surface area contributed by atoms with Crippen molar-refractivity contribution < 1.29 is 18.4 Å². The normalized spacial score (nSPS) is 13.6. The summed E-state index contributed by atoms with van der Waals surface area (Å²) in [6, 6.07) is 12.7. The van der Waals surface area contributed by atoms with Crippen LogP contribution in [0.2, 0.25) is 0 Å². The van der Waals surface area contributed by atoms with Crippen molar-refractivity contribution in [2.24, 2.45) is 0 Å². The molecule has 0 saturated heterocycles. The Bertz CT molecular complexity index is 969. The summed E-state index contributed by atoms with van der Waals surface area (Å²) in [5, 5.41) is 0. The van der Waals surface area contributed by atoms with Crippen molar-refractivity contribution >= 4 is 11.6 Å². The smallest absolute Gasteiger partial charge is 0.270 e. The number of benzene rings is 2. The highest BCUT2D eigenvalue weighted by Gasteiger charge is 2.25. The van der Waals surface area contributed by atoms with Crippen LogP contribution >= 0.6 is 0 Å². The van der Waals surface area contributed by atoms with E-state index < -0.39 is 5.92 Å². The Morgan fingerprint density at radius 3 is 2.46 bits per heavy atom. The van der Waals surface area contributed by atoms with Crippen LogP contribution in [0, 0.1) is 11.8 Å². The minimum atomic E-state index is -2.91. The van der Waals surface area contributed by atoms with Gasteiger partial charge in [0.05, 0.1) is 0 Å². The molecule has 2 aromatic rings. The van der Waals surface area contributed by atoms with Gasteiger partial charge in [-0.3, -0.25) is 9.59 Å². The molecule has 0 aliphatic heterocycles. The van der Waals surface area contributed by atoms with Crippen LogP contribution in [-0.2, 0) is 5.92 Å². The van der Waals surface area contributed by atoms with Gasteiger partial charge in [-0.1, -0.05) is 48.2 Å². The molecule has 0 bridgehead atoms. The molecule has 0 fully saturated rings. The van der Waals surface area contributed by atoms with Gasteiger partial charge in [-0.25, -0.2) is 8.78 Å². The number of alkyl halides is 2. The van der Waals surface area contributed by atoms with Crippen LogP contribution in [0.1, 0.15) is 51.6 Å². The number of ketones is 2. The van der Waals surface area contributed by atoms with Gasteiger partial charge in [0.2, 0.25) is 0 Å². The molecule has 0 radical (unpaired) electrons. The quantitative estimate of drug-likeness (QED) is 0.735. The van der Waals surface area contributed by atoms with Gasteiger partial charge in [-0.05, 0) is 24.6 Å². The SMILES string of the molecule is CC(F)(F)c1cccc(C#CCCC2=CC(=O)c3ccccc3C2=O)c1. The van der Waals surface area contributed by atoms with Crippen molar-refractivity contribution in [2.75, 3.05) is 0 Å². The second kappa shape index (κ2) is 7.05. The standard InChI is InChI=1S/C22H16F2O2/c1-22(23,24)17-10-6-8-15(13-17)7-2-3-9-16-14-20(25)18-11-4-5-12-19(18)21(16)26/h4-6,8,10-14H,3,9H2,1H3. The Kier molecular flexibility index (Phi) is 4.81. The van der Waals surface area contributed by atoms with E-state index in [4.69, 9.17) is 0 Å². The lowest BCUT2D eigenvalue weighted by molar-refractivity contribution is 0.0174. The average molecular weight is 350 g/mol. The molecule has 0 atom stereocenters. The van der Waals surface area contributed by atoms with E-state index in [1.165, 1.54) is 18.2 Å². The van der Waals surface area contributed by atoms with E-state index in [9.17, 15) is 18.4 Å². The van der Waals surface area contributed by atoms with E-state index in [0.29, 0.717) is 35.1 Å². The van der Waals surface area contributed by atoms with E-state index in [1.807, 2.05) is 0 Å². The van der Waals surface area contributed by atoms with Crippen LogP contribution < -0.4 is 0 Å². The fourth-order valence-corrected chi connectivity index (χ4v) is 2.79. The molecule has 2 aromatic carbocycles. The maximum absolute atomic E-state index is 13.3. The zero-order chi connectivity index (χ0) is 18.7. The summed E-state index contributed by atoms with van der Waals surface area (Å²) in [6.07, 6.45) is 2.07. The molecule has 0 saturated carbocycles. The summed E-state index contributed by atoms with van der Waals surface area (Å²) in [7, 11) is 0. The lowest BCUT2D eigenvalue weighted by Gasteiger charge is -2.13. The van der Waals surface area contributed by atoms with Crippen molar-refractivity contribution in [3.8, 4) is 11.8 Å². The van der Waals surface area contributed by atoms with E-state index >= 15 is 0 Å². The van der Waals surface area contributed by atoms with Crippen LogP contribution in [0.5, 0.6) is 0 Å². The Balaban J connectivity index is 1.70. The van der Waals surface area contributed by atoms with E-state index in [2.05, 4.69) is 11.8 Å². The zero-order valence-electron chi connectivity index (χ0n) is 14.2. The van der Waals surface area contributed by atoms with E-state index in [-0.39, 0.29) is 17.1 Å². The average Bonchev–Trinajstić information content (AvgIpc) is 2.62. The molecule has 26 heavy (non-hydrogen) atoms. The number of rotatable bonds is 3. The molecule has 0 heterocycles. The fraction of sp³-hybridized carbons (Fsp3) is 0.182. The second-order valence-corrected chi connectivity index (χ2v) is 6.18. The molecule has 0 unspecified atom stereocenters. The zero-order valence-corrected chi connectivity index (χ0v) is 14.2. The lowest BCUT2D eigenvalue weighted by Crippen LogP contribution is -2.16. The minimum absolute atomic E-state index is 0.0864. The van der Waals surface area contributed by atoms with Crippen molar-refractivity contribution in [3.63, 3.8) is 0 Å². The molecule has 4 heteroatoms. The predicted octanol–water partition coefficient (Wildman–Crippen LogP) is 4.94. The molecular formula is C22H16F2O2. The van der Waals surface area contributed by atoms with Gasteiger partial charge in [0.15, 0.2) is 11.6 Å². The topological polar surface area (TPSA) is 34.1 Å². The maximum atomic E-state index is 13.3. The Morgan fingerprint density at radius 2 is 1.73 bits per heavy atom. The van der Waals surface area contributed by atoms with Crippen LogP contribution in [0.25, 0.3) is 0 Å². The van der Waals surface area contributed by atoms with Gasteiger partial charge in [0.1, 0.15) is 0 Å². The van der Waals surface area contributed by atoms with Gasteiger partial charge >= 0.3 is 0 Å². The first-order chi connectivity index (χ1) is 12.4. The van der Waals surface area contributed by atoms with Gasteiger partial charge in [-0.2, -0.15) is 0 Å². The largest absolute Gasteiger partial charge is 0.289 e. The van der Waals surface area contributed by atoms with Crippen LogP contribution in [0.3, 0.4) is 0 Å². The van der Waals surface area contributed by atoms with E-state index in [1.54, 1.807) is 36.4 Å². The highest BCUT2D eigenvalue weighted by molar-refractivity contribution is 6.24. The third-order valence-corrected chi connectivity index (χ3v) is 4.16. The monoisotopic (exact) mass is 350 g/mol. The molecule has 0 amide bonds. The van der Waals surface area contributed by atoms with Gasteiger partial charge in [0.25, 0.3) is 5.92 Å². The highest BCUT2D eigenvalue weighted by atomic mass is 19.3. The maximum Gasteiger partial charge on any atom is 0.270 e. The Labute approximate surface area is 150 Å². The van der Waals surface area contributed by atoms with Crippen LogP contribution in [0.4, 0.5) is 8.78 Å². The molecule has 1 aliphatic rings.